The monoisotopic (exact) mass is 260 g/mol. The maximum Gasteiger partial charge on any atom is 0.0852 e. The van der Waals surface area contributed by atoms with Crippen molar-refractivity contribution in [2.24, 2.45) is 11.8 Å². The maximum absolute atomic E-state index is 10.5. The molecule has 4 atom stereocenters. The van der Waals surface area contributed by atoms with Gasteiger partial charge in [-0.15, -0.1) is 0 Å². The lowest BCUT2D eigenvalue weighted by Gasteiger charge is -2.29. The average Bonchev–Trinajstić information content (AvgIpc) is 2.86. The topological polar surface area (TPSA) is 29.5 Å². The highest BCUT2D eigenvalue weighted by Gasteiger charge is 2.31. The molecule has 0 bridgehead atoms. The molecular weight excluding hydrogens is 236 g/mol. The van der Waals surface area contributed by atoms with Crippen LogP contribution < -0.4 is 0 Å². The Hall–Kier alpha value is -0.860. The van der Waals surface area contributed by atoms with Gasteiger partial charge in [0, 0.05) is 6.42 Å². The third-order valence-corrected chi connectivity index (χ3v) is 4.83. The summed E-state index contributed by atoms with van der Waals surface area (Å²) in [5.74, 6) is 1.26. The molecule has 19 heavy (non-hydrogen) atoms. The Bertz CT molecular complexity index is 429. The number of hydrogen-bond acceptors (Lipinski definition) is 2. The number of aliphatic hydroxyl groups excluding tert-OH is 1. The summed E-state index contributed by atoms with van der Waals surface area (Å²) in [6.45, 7) is 3.08. The summed E-state index contributed by atoms with van der Waals surface area (Å²) in [7, 11) is 0. The molecule has 1 aliphatic heterocycles. The van der Waals surface area contributed by atoms with Crippen LogP contribution in [0, 0.1) is 11.8 Å². The Morgan fingerprint density at radius 1 is 1.32 bits per heavy atom. The fraction of sp³-hybridized carbons (Fsp3) is 0.647. The summed E-state index contributed by atoms with van der Waals surface area (Å²) in [6, 6.07) is 8.51. The summed E-state index contributed by atoms with van der Waals surface area (Å²) in [6.07, 6.45) is 5.27. The van der Waals surface area contributed by atoms with E-state index < -0.39 is 0 Å². The Labute approximate surface area is 115 Å². The van der Waals surface area contributed by atoms with Crippen LogP contribution in [0.2, 0.25) is 0 Å². The molecule has 1 aliphatic carbocycles. The van der Waals surface area contributed by atoms with E-state index in [1.807, 2.05) is 0 Å². The fourth-order valence-corrected chi connectivity index (χ4v) is 3.68. The standard InChI is InChI=1S/C17H24O2/c1-12-6-7-14(10-12)16(18)11-17-15-5-3-2-4-13(15)8-9-19-17/h2-5,12,14,16-18H,6-11H2,1H3. The van der Waals surface area contributed by atoms with E-state index in [1.54, 1.807) is 0 Å². The molecular formula is C17H24O2. The Balaban J connectivity index is 1.67. The number of ether oxygens (including phenoxy) is 1. The van der Waals surface area contributed by atoms with Crippen molar-refractivity contribution in [3.63, 3.8) is 0 Å². The van der Waals surface area contributed by atoms with Gasteiger partial charge in [-0.2, -0.15) is 0 Å². The van der Waals surface area contributed by atoms with E-state index in [-0.39, 0.29) is 12.2 Å². The van der Waals surface area contributed by atoms with Crippen molar-refractivity contribution in [1.29, 1.82) is 0 Å². The summed E-state index contributed by atoms with van der Waals surface area (Å²) in [5, 5.41) is 10.5. The Morgan fingerprint density at radius 2 is 2.16 bits per heavy atom. The van der Waals surface area contributed by atoms with Crippen LogP contribution in [-0.2, 0) is 11.2 Å². The number of hydrogen-bond donors (Lipinski definition) is 1. The zero-order chi connectivity index (χ0) is 13.2. The third kappa shape index (κ3) is 2.85. The van der Waals surface area contributed by atoms with Gasteiger partial charge in [0.25, 0.3) is 0 Å². The van der Waals surface area contributed by atoms with E-state index in [2.05, 4.69) is 31.2 Å². The Morgan fingerprint density at radius 3 is 2.95 bits per heavy atom. The second-order valence-corrected chi connectivity index (χ2v) is 6.29. The van der Waals surface area contributed by atoms with Crippen molar-refractivity contribution in [2.75, 3.05) is 6.61 Å². The number of benzene rings is 1. The second kappa shape index (κ2) is 5.64. The summed E-state index contributed by atoms with van der Waals surface area (Å²) >= 11 is 0. The van der Waals surface area contributed by atoms with E-state index in [1.165, 1.54) is 30.4 Å². The molecule has 0 radical (unpaired) electrons. The lowest BCUT2D eigenvalue weighted by Crippen LogP contribution is -2.25. The third-order valence-electron chi connectivity index (χ3n) is 4.83. The molecule has 2 nitrogen and oxygen atoms in total. The number of rotatable bonds is 3. The Kier molecular flexibility index (Phi) is 3.90. The van der Waals surface area contributed by atoms with Gasteiger partial charge in [-0.05, 0) is 42.2 Å². The largest absolute Gasteiger partial charge is 0.393 e. The van der Waals surface area contributed by atoms with Crippen molar-refractivity contribution in [3.05, 3.63) is 35.4 Å². The molecule has 104 valence electrons. The first-order valence-corrected chi connectivity index (χ1v) is 7.61. The minimum atomic E-state index is -0.207. The molecule has 3 rings (SSSR count). The SMILES string of the molecule is CC1CCC(C(O)CC2OCCc3ccccc32)C1. The van der Waals surface area contributed by atoms with Crippen LogP contribution >= 0.6 is 0 Å². The van der Waals surface area contributed by atoms with Gasteiger partial charge >= 0.3 is 0 Å². The van der Waals surface area contributed by atoms with Crippen LogP contribution in [0.1, 0.15) is 49.8 Å². The van der Waals surface area contributed by atoms with Crippen molar-refractivity contribution in [1.82, 2.24) is 0 Å². The number of aliphatic hydroxyl groups is 1. The van der Waals surface area contributed by atoms with Crippen LogP contribution in [-0.4, -0.2) is 17.8 Å². The first-order chi connectivity index (χ1) is 9.24. The molecule has 4 unspecified atom stereocenters. The van der Waals surface area contributed by atoms with Gasteiger partial charge in [0.2, 0.25) is 0 Å². The van der Waals surface area contributed by atoms with Crippen LogP contribution in [0.15, 0.2) is 24.3 Å². The van der Waals surface area contributed by atoms with E-state index in [9.17, 15) is 5.11 Å². The van der Waals surface area contributed by atoms with Crippen LogP contribution in [0.4, 0.5) is 0 Å². The van der Waals surface area contributed by atoms with Crippen molar-refractivity contribution < 1.29 is 9.84 Å². The van der Waals surface area contributed by atoms with Gasteiger partial charge in [0.15, 0.2) is 0 Å². The van der Waals surface area contributed by atoms with Gasteiger partial charge in [0.1, 0.15) is 0 Å². The van der Waals surface area contributed by atoms with Gasteiger partial charge in [-0.25, -0.2) is 0 Å². The highest BCUT2D eigenvalue weighted by atomic mass is 16.5. The molecule has 0 aromatic heterocycles. The molecule has 1 saturated carbocycles. The highest BCUT2D eigenvalue weighted by Crippen LogP contribution is 2.37. The van der Waals surface area contributed by atoms with Crippen LogP contribution in [0.5, 0.6) is 0 Å². The van der Waals surface area contributed by atoms with Gasteiger partial charge in [-0.1, -0.05) is 37.6 Å². The molecule has 0 saturated heterocycles. The minimum absolute atomic E-state index is 0.0934. The fourth-order valence-electron chi connectivity index (χ4n) is 3.68. The number of fused-ring (bicyclic) bond motifs is 1. The summed E-state index contributed by atoms with van der Waals surface area (Å²) < 4.78 is 5.90. The molecule has 1 heterocycles. The average molecular weight is 260 g/mol. The summed E-state index contributed by atoms with van der Waals surface area (Å²) in [5.41, 5.74) is 2.68. The first kappa shape index (κ1) is 13.1. The van der Waals surface area contributed by atoms with Crippen molar-refractivity contribution >= 4 is 0 Å². The molecule has 0 amide bonds. The second-order valence-electron chi connectivity index (χ2n) is 6.29. The van der Waals surface area contributed by atoms with E-state index in [4.69, 9.17) is 4.74 Å². The molecule has 2 heteroatoms. The smallest absolute Gasteiger partial charge is 0.0852 e. The molecule has 1 N–H and O–H groups in total. The molecule has 2 aliphatic rings. The lowest BCUT2D eigenvalue weighted by atomic mass is 9.89. The lowest BCUT2D eigenvalue weighted by molar-refractivity contribution is -0.0112. The summed E-state index contributed by atoms with van der Waals surface area (Å²) in [4.78, 5) is 0. The molecule has 0 spiro atoms. The zero-order valence-corrected chi connectivity index (χ0v) is 11.7. The first-order valence-electron chi connectivity index (χ1n) is 7.61. The van der Waals surface area contributed by atoms with E-state index in [0.717, 1.165) is 25.4 Å². The van der Waals surface area contributed by atoms with Crippen LogP contribution in [0.25, 0.3) is 0 Å². The van der Waals surface area contributed by atoms with Gasteiger partial charge in [0.05, 0.1) is 18.8 Å². The van der Waals surface area contributed by atoms with Crippen molar-refractivity contribution in [3.8, 4) is 0 Å². The quantitative estimate of drug-likeness (QED) is 0.901. The molecule has 1 aromatic rings. The van der Waals surface area contributed by atoms with E-state index in [0.29, 0.717) is 5.92 Å². The maximum atomic E-state index is 10.5. The highest BCUT2D eigenvalue weighted by molar-refractivity contribution is 5.30. The molecule has 1 fully saturated rings. The minimum Gasteiger partial charge on any atom is -0.393 e. The zero-order valence-electron chi connectivity index (χ0n) is 11.7. The van der Waals surface area contributed by atoms with Crippen LogP contribution in [0.3, 0.4) is 0 Å². The van der Waals surface area contributed by atoms with E-state index >= 15 is 0 Å². The predicted octanol–water partition coefficient (Wildman–Crippen LogP) is 3.49. The van der Waals surface area contributed by atoms with Crippen molar-refractivity contribution in [2.45, 2.75) is 51.2 Å². The predicted molar refractivity (Wildman–Crippen MR) is 76.0 cm³/mol. The normalized spacial score (nSPS) is 32.0. The van der Waals surface area contributed by atoms with Gasteiger partial charge in [-0.3, -0.25) is 0 Å². The van der Waals surface area contributed by atoms with Gasteiger partial charge < -0.3 is 9.84 Å². The molecule has 1 aromatic carbocycles.